The van der Waals surface area contributed by atoms with E-state index in [1.165, 1.54) is 0 Å². The predicted octanol–water partition coefficient (Wildman–Crippen LogP) is -3.30. The van der Waals surface area contributed by atoms with Crippen molar-refractivity contribution in [3.8, 4) is 0 Å². The molecule has 4 unspecified atom stereocenters. The van der Waals surface area contributed by atoms with Gasteiger partial charge in [0, 0.05) is 13.0 Å². The molecule has 20 heavy (non-hydrogen) atoms. The molecule has 0 fully saturated rings. The number of aliphatic hydroxyl groups is 6. The van der Waals surface area contributed by atoms with Crippen molar-refractivity contribution in [1.82, 2.24) is 0 Å². The van der Waals surface area contributed by atoms with Gasteiger partial charge in [-0.3, -0.25) is 0 Å². The third-order valence-electron chi connectivity index (χ3n) is 2.41. The molecule has 0 radical (unpaired) electrons. The van der Waals surface area contributed by atoms with Crippen LogP contribution in [0.5, 0.6) is 0 Å². The third-order valence-corrected chi connectivity index (χ3v) is 2.41. The molecule has 0 heterocycles. The second-order valence-corrected chi connectivity index (χ2v) is 5.45. The maximum absolute atomic E-state index is 9.90. The number of carbonyl (C=O) groups is 1. The van der Waals surface area contributed by atoms with Crippen molar-refractivity contribution < 1.29 is 39.9 Å². The molecule has 122 valence electrons. The van der Waals surface area contributed by atoms with Crippen molar-refractivity contribution in [2.24, 2.45) is 0 Å². The van der Waals surface area contributed by atoms with Crippen molar-refractivity contribution in [3.05, 3.63) is 0 Å². The second kappa shape index (κ2) is 11.1. The summed E-state index contributed by atoms with van der Waals surface area (Å²) in [5.74, 6) is 0. The molecule has 0 aromatic rings. The van der Waals surface area contributed by atoms with Gasteiger partial charge in [-0.1, -0.05) is 0 Å². The fourth-order valence-electron chi connectivity index (χ4n) is 1.16. The molecule has 0 saturated carbocycles. The zero-order chi connectivity index (χ0) is 16.3. The van der Waals surface area contributed by atoms with Gasteiger partial charge in [-0.15, -0.1) is 0 Å². The van der Waals surface area contributed by atoms with Crippen LogP contribution in [-0.2, 0) is 4.79 Å². The zero-order valence-corrected chi connectivity index (χ0v) is 12.3. The van der Waals surface area contributed by atoms with Gasteiger partial charge in [-0.05, 0) is 0 Å². The van der Waals surface area contributed by atoms with Crippen LogP contribution in [0.4, 0.5) is 0 Å². The maximum atomic E-state index is 9.90. The van der Waals surface area contributed by atoms with Gasteiger partial charge in [0.1, 0.15) is 24.4 Å². The lowest BCUT2D eigenvalue weighted by Crippen LogP contribution is -2.46. The summed E-state index contributed by atoms with van der Waals surface area (Å²) in [6, 6.07) is 0. The summed E-state index contributed by atoms with van der Waals surface area (Å²) < 4.78 is 0.945. The molecule has 0 spiro atoms. The summed E-state index contributed by atoms with van der Waals surface area (Å²) in [4.78, 5) is 9.90. The van der Waals surface area contributed by atoms with Crippen molar-refractivity contribution in [3.63, 3.8) is 0 Å². The van der Waals surface area contributed by atoms with Crippen LogP contribution in [0.3, 0.4) is 0 Å². The van der Waals surface area contributed by atoms with Crippen LogP contribution in [0.15, 0.2) is 0 Å². The van der Waals surface area contributed by atoms with Gasteiger partial charge in [0.15, 0.2) is 6.29 Å². The number of hydrogen-bond acceptors (Lipinski definition) is 7. The first-order chi connectivity index (χ1) is 9.10. The summed E-state index contributed by atoms with van der Waals surface area (Å²) in [5.41, 5.74) is 0. The molecule has 0 saturated heterocycles. The van der Waals surface area contributed by atoms with E-state index in [0.29, 0.717) is 6.61 Å². The van der Waals surface area contributed by atoms with E-state index in [4.69, 9.17) is 30.6 Å². The number of rotatable bonds is 8. The minimum atomic E-state index is -1.79. The number of nitrogens with zero attached hydrogens (tertiary/aromatic N) is 1. The largest absolute Gasteiger partial charge is 0.396 e. The van der Waals surface area contributed by atoms with Gasteiger partial charge < -0.3 is 39.9 Å². The second-order valence-electron chi connectivity index (χ2n) is 5.45. The highest BCUT2D eigenvalue weighted by Crippen LogP contribution is 2.02. The summed E-state index contributed by atoms with van der Waals surface area (Å²) in [7, 11) is 6.36. The van der Waals surface area contributed by atoms with Crippen LogP contribution in [0.2, 0.25) is 0 Å². The highest BCUT2D eigenvalue weighted by Gasteiger charge is 2.29. The molecular weight excluding hydrogens is 270 g/mol. The summed E-state index contributed by atoms with van der Waals surface area (Å²) >= 11 is 0. The Morgan fingerprint density at radius 3 is 1.75 bits per heavy atom. The molecule has 0 bridgehead atoms. The fourth-order valence-corrected chi connectivity index (χ4v) is 1.16. The smallest absolute Gasteiger partial charge is 0.151 e. The number of aliphatic hydroxyl groups excluding tert-OH is 6. The number of hydrogen-bond donors (Lipinski definition) is 6. The molecule has 6 N–H and O–H groups in total. The lowest BCUT2D eigenvalue weighted by molar-refractivity contribution is -0.870. The predicted molar refractivity (Wildman–Crippen MR) is 71.8 cm³/mol. The van der Waals surface area contributed by atoms with Crippen molar-refractivity contribution in [2.75, 3.05) is 40.9 Å². The van der Waals surface area contributed by atoms with Gasteiger partial charge >= 0.3 is 0 Å². The molecule has 8 heteroatoms. The van der Waals surface area contributed by atoms with E-state index in [0.717, 1.165) is 17.4 Å². The summed E-state index contributed by atoms with van der Waals surface area (Å²) in [6.45, 7) is 0.607. The third kappa shape index (κ3) is 11.2. The molecule has 0 aliphatic rings. The van der Waals surface area contributed by atoms with Crippen LogP contribution in [0.1, 0.15) is 6.42 Å². The highest BCUT2D eigenvalue weighted by molar-refractivity contribution is 5.56. The van der Waals surface area contributed by atoms with Crippen LogP contribution in [0, 0.1) is 0 Å². The molecular formula is C12H28NO7+. The van der Waals surface area contributed by atoms with E-state index in [1.54, 1.807) is 0 Å². The first kappa shape index (κ1) is 21.7. The monoisotopic (exact) mass is 298 g/mol. The Kier molecular flexibility index (Phi) is 12.0. The normalized spacial score (nSPS) is 17.4. The Morgan fingerprint density at radius 1 is 1.00 bits per heavy atom. The maximum Gasteiger partial charge on any atom is 0.151 e. The molecule has 4 atom stereocenters. The van der Waals surface area contributed by atoms with Gasteiger partial charge in [-0.25, -0.2) is 0 Å². The lowest BCUT2D eigenvalue weighted by atomic mass is 10.0. The van der Waals surface area contributed by atoms with E-state index in [-0.39, 0.29) is 6.29 Å². The van der Waals surface area contributed by atoms with Gasteiger partial charge in [0.2, 0.25) is 0 Å². The first-order valence-corrected chi connectivity index (χ1v) is 6.30. The molecule has 0 rings (SSSR count). The van der Waals surface area contributed by atoms with E-state index >= 15 is 0 Å². The number of aldehydes is 1. The number of quaternary nitrogens is 1. The first-order valence-electron chi connectivity index (χ1n) is 6.30. The Morgan fingerprint density at radius 2 is 1.50 bits per heavy atom. The fraction of sp³-hybridized carbons (Fsp3) is 0.917. The van der Waals surface area contributed by atoms with E-state index < -0.39 is 31.0 Å². The van der Waals surface area contributed by atoms with E-state index in [1.807, 2.05) is 0 Å². The minimum Gasteiger partial charge on any atom is -0.396 e. The minimum absolute atomic E-state index is 0.0258. The van der Waals surface area contributed by atoms with Crippen molar-refractivity contribution in [1.29, 1.82) is 0 Å². The quantitative estimate of drug-likeness (QED) is 0.204. The Labute approximate surface area is 119 Å². The molecule has 0 aliphatic carbocycles. The van der Waals surface area contributed by atoms with Gasteiger partial charge in [-0.2, -0.15) is 0 Å². The Balaban J connectivity index is 0. The lowest BCUT2D eigenvalue weighted by Gasteiger charge is -2.22. The Bertz CT molecular complexity index is 244. The standard InChI is InChI=1S/C6H16NO.C6H12O6/c1-7(2,3)5-4-6-8;7-1-3(9)5(11)6(12)4(10)2-8/h8H,4-6H2,1-3H3;1,3-6,8-12H,2H2/q+1;. The summed E-state index contributed by atoms with van der Waals surface area (Å²) in [6.07, 6.45) is -5.93. The summed E-state index contributed by atoms with van der Waals surface area (Å²) in [5, 5.41) is 52.0. The van der Waals surface area contributed by atoms with Crippen LogP contribution >= 0.6 is 0 Å². The highest BCUT2D eigenvalue weighted by atomic mass is 16.4. The molecule has 0 aromatic carbocycles. The average molecular weight is 298 g/mol. The van der Waals surface area contributed by atoms with Crippen LogP contribution < -0.4 is 0 Å². The Hall–Kier alpha value is -0.610. The average Bonchev–Trinajstić information content (AvgIpc) is 2.41. The van der Waals surface area contributed by atoms with Crippen molar-refractivity contribution in [2.45, 2.75) is 30.8 Å². The van der Waals surface area contributed by atoms with E-state index in [2.05, 4.69) is 21.1 Å². The van der Waals surface area contributed by atoms with Crippen LogP contribution in [0.25, 0.3) is 0 Å². The van der Waals surface area contributed by atoms with E-state index in [9.17, 15) is 4.79 Å². The number of carbonyl (C=O) groups excluding carboxylic acids is 1. The molecule has 0 aromatic heterocycles. The molecule has 0 amide bonds. The van der Waals surface area contributed by atoms with Gasteiger partial charge in [0.25, 0.3) is 0 Å². The zero-order valence-electron chi connectivity index (χ0n) is 12.3. The SMILES string of the molecule is C[N+](C)(C)CCCO.O=CC(O)C(O)C(O)C(O)CO. The molecule has 0 aliphatic heterocycles. The van der Waals surface area contributed by atoms with Crippen molar-refractivity contribution >= 4 is 6.29 Å². The van der Waals surface area contributed by atoms with Crippen LogP contribution in [-0.4, -0.2) is 107 Å². The molecule has 8 nitrogen and oxygen atoms in total. The van der Waals surface area contributed by atoms with Gasteiger partial charge in [0.05, 0.1) is 34.3 Å². The topological polar surface area (TPSA) is 138 Å².